The fourth-order valence-electron chi connectivity index (χ4n) is 3.53. The Labute approximate surface area is 188 Å². The second-order valence-corrected chi connectivity index (χ2v) is 7.80. The fraction of sp³-hybridized carbons (Fsp3) is 0.125. The first-order valence-corrected chi connectivity index (χ1v) is 10.5. The Morgan fingerprint density at radius 2 is 1.48 bits per heavy atom. The highest BCUT2D eigenvalue weighted by Crippen LogP contribution is 2.26. The first-order valence-electron chi connectivity index (χ1n) is 9.67. The van der Waals surface area contributed by atoms with Crippen LogP contribution in [0.5, 0.6) is 5.75 Å². The largest absolute Gasteiger partial charge is 0.497 e. The van der Waals surface area contributed by atoms with E-state index in [9.17, 15) is 14.4 Å². The summed E-state index contributed by atoms with van der Waals surface area (Å²) in [5, 5.41) is 0. The van der Waals surface area contributed by atoms with E-state index in [1.54, 1.807) is 78.7 Å². The van der Waals surface area contributed by atoms with Gasteiger partial charge in [-0.1, -0.05) is 24.3 Å². The maximum atomic E-state index is 13.4. The summed E-state index contributed by atoms with van der Waals surface area (Å²) in [6.07, 6.45) is 0. The predicted molar refractivity (Wildman–Crippen MR) is 121 cm³/mol. The Morgan fingerprint density at radius 1 is 0.903 bits per heavy atom. The van der Waals surface area contributed by atoms with Crippen molar-refractivity contribution in [2.24, 2.45) is 0 Å². The molecule has 0 radical (unpaired) electrons. The van der Waals surface area contributed by atoms with E-state index in [4.69, 9.17) is 4.74 Å². The molecule has 3 aromatic carbocycles. The highest BCUT2D eigenvalue weighted by atomic mass is 79.9. The van der Waals surface area contributed by atoms with Gasteiger partial charge in [0.15, 0.2) is 0 Å². The van der Waals surface area contributed by atoms with Gasteiger partial charge in [0.2, 0.25) is 0 Å². The van der Waals surface area contributed by atoms with Crippen LogP contribution in [-0.2, 0) is 0 Å². The van der Waals surface area contributed by atoms with Gasteiger partial charge < -0.3 is 9.64 Å². The van der Waals surface area contributed by atoms with Crippen LogP contribution in [0.25, 0.3) is 0 Å². The van der Waals surface area contributed by atoms with Gasteiger partial charge in [-0.25, -0.2) is 0 Å². The van der Waals surface area contributed by atoms with E-state index in [-0.39, 0.29) is 30.8 Å². The zero-order chi connectivity index (χ0) is 22.0. The third-order valence-electron chi connectivity index (χ3n) is 5.16. The normalized spacial score (nSPS) is 12.6. The summed E-state index contributed by atoms with van der Waals surface area (Å²) in [5.74, 6) is -0.265. The van der Waals surface area contributed by atoms with Gasteiger partial charge in [0.1, 0.15) is 5.75 Å². The van der Waals surface area contributed by atoms with Crippen LogP contribution in [0, 0.1) is 0 Å². The molecule has 0 bridgehead atoms. The zero-order valence-electron chi connectivity index (χ0n) is 16.7. The van der Waals surface area contributed by atoms with Crippen LogP contribution in [0.4, 0.5) is 5.69 Å². The SMILES string of the molecule is COc1ccc(N(CCN2C(=O)c3ccccc3C2=O)C(=O)c2ccccc2Br)cc1. The van der Waals surface area contributed by atoms with Crippen LogP contribution in [0.3, 0.4) is 0 Å². The minimum atomic E-state index is -0.344. The van der Waals surface area contributed by atoms with E-state index in [1.807, 2.05) is 6.07 Å². The van der Waals surface area contributed by atoms with Gasteiger partial charge in [0.25, 0.3) is 17.7 Å². The lowest BCUT2D eigenvalue weighted by molar-refractivity contribution is 0.0654. The van der Waals surface area contributed by atoms with E-state index in [1.165, 1.54) is 4.90 Å². The van der Waals surface area contributed by atoms with Gasteiger partial charge in [-0.15, -0.1) is 0 Å². The average molecular weight is 479 g/mol. The molecule has 0 saturated heterocycles. The van der Waals surface area contributed by atoms with Crippen LogP contribution in [-0.4, -0.2) is 42.8 Å². The van der Waals surface area contributed by atoms with E-state index in [0.29, 0.717) is 32.6 Å². The molecule has 1 aliphatic heterocycles. The summed E-state index contributed by atoms with van der Waals surface area (Å²) in [7, 11) is 1.57. The van der Waals surface area contributed by atoms with Crippen LogP contribution in [0.15, 0.2) is 77.3 Å². The molecule has 156 valence electrons. The molecule has 1 aliphatic rings. The van der Waals surface area contributed by atoms with Gasteiger partial charge in [0.05, 0.1) is 23.8 Å². The van der Waals surface area contributed by atoms with Gasteiger partial charge in [-0.05, 0) is 64.5 Å². The fourth-order valence-corrected chi connectivity index (χ4v) is 3.99. The van der Waals surface area contributed by atoms with Crippen molar-refractivity contribution in [3.63, 3.8) is 0 Å². The standard InChI is InChI=1S/C24H19BrN2O4/c1-31-17-12-10-16(11-13-17)26(24(30)20-8-4-5-9-21(20)25)14-15-27-22(28)18-6-2-3-7-19(18)23(27)29/h2-13H,14-15H2,1H3. The zero-order valence-corrected chi connectivity index (χ0v) is 18.3. The Balaban J connectivity index is 1.62. The molecule has 3 amide bonds. The molecule has 1 heterocycles. The van der Waals surface area contributed by atoms with Crippen LogP contribution in [0.1, 0.15) is 31.1 Å². The van der Waals surface area contributed by atoms with E-state index < -0.39 is 0 Å². The molecule has 0 N–H and O–H groups in total. The first-order chi connectivity index (χ1) is 15.0. The number of carbonyl (C=O) groups is 3. The van der Waals surface area contributed by atoms with Crippen molar-refractivity contribution in [1.82, 2.24) is 4.90 Å². The van der Waals surface area contributed by atoms with Gasteiger partial charge in [0, 0.05) is 23.2 Å². The molecule has 0 fully saturated rings. The Hall–Kier alpha value is -3.45. The van der Waals surface area contributed by atoms with Crippen LogP contribution >= 0.6 is 15.9 Å². The topological polar surface area (TPSA) is 66.9 Å². The first kappa shape index (κ1) is 20.8. The molecule has 0 aliphatic carbocycles. The third kappa shape index (κ3) is 3.96. The molecule has 0 saturated carbocycles. The molecule has 0 aromatic heterocycles. The summed E-state index contributed by atoms with van der Waals surface area (Å²) >= 11 is 3.43. The smallest absolute Gasteiger partial charge is 0.261 e. The number of imide groups is 1. The number of rotatable bonds is 6. The minimum absolute atomic E-state index is 0.0779. The molecule has 0 unspecified atom stereocenters. The quantitative estimate of drug-likeness (QED) is 0.492. The number of carbonyl (C=O) groups excluding carboxylic acids is 3. The number of amides is 3. The molecule has 6 nitrogen and oxygen atoms in total. The monoisotopic (exact) mass is 478 g/mol. The van der Waals surface area contributed by atoms with Crippen molar-refractivity contribution >= 4 is 39.3 Å². The van der Waals surface area contributed by atoms with Crippen molar-refractivity contribution in [3.8, 4) is 5.75 Å². The minimum Gasteiger partial charge on any atom is -0.497 e. The van der Waals surface area contributed by atoms with Gasteiger partial charge >= 0.3 is 0 Å². The number of hydrogen-bond acceptors (Lipinski definition) is 4. The molecule has 7 heteroatoms. The van der Waals surface area contributed by atoms with Crippen molar-refractivity contribution in [3.05, 3.63) is 94.0 Å². The maximum absolute atomic E-state index is 13.4. The third-order valence-corrected chi connectivity index (χ3v) is 5.85. The van der Waals surface area contributed by atoms with E-state index in [2.05, 4.69) is 15.9 Å². The number of anilines is 1. The summed E-state index contributed by atoms with van der Waals surface area (Å²) in [4.78, 5) is 41.6. The number of halogens is 1. The Bertz CT molecular complexity index is 1130. The molecule has 3 aromatic rings. The Morgan fingerprint density at radius 3 is 2.06 bits per heavy atom. The lowest BCUT2D eigenvalue weighted by Gasteiger charge is -2.26. The van der Waals surface area contributed by atoms with Gasteiger partial charge in [-0.3, -0.25) is 19.3 Å². The number of methoxy groups -OCH3 is 1. The maximum Gasteiger partial charge on any atom is 0.261 e. The summed E-state index contributed by atoms with van der Waals surface area (Å²) in [6, 6.07) is 21.0. The summed E-state index contributed by atoms with van der Waals surface area (Å²) in [5.41, 5.74) is 1.90. The lowest BCUT2D eigenvalue weighted by atomic mass is 10.1. The molecule has 31 heavy (non-hydrogen) atoms. The average Bonchev–Trinajstić information content (AvgIpc) is 3.04. The molecule has 0 spiro atoms. The van der Waals surface area contributed by atoms with Crippen LogP contribution < -0.4 is 9.64 Å². The molecular weight excluding hydrogens is 460 g/mol. The lowest BCUT2D eigenvalue weighted by Crippen LogP contribution is -2.41. The Kier molecular flexibility index (Phi) is 5.86. The highest BCUT2D eigenvalue weighted by molar-refractivity contribution is 9.10. The van der Waals surface area contributed by atoms with Gasteiger partial charge in [-0.2, -0.15) is 0 Å². The van der Waals surface area contributed by atoms with Crippen molar-refractivity contribution in [2.75, 3.05) is 25.1 Å². The van der Waals surface area contributed by atoms with Crippen molar-refractivity contribution in [1.29, 1.82) is 0 Å². The van der Waals surface area contributed by atoms with Crippen molar-refractivity contribution < 1.29 is 19.1 Å². The molecular formula is C24H19BrN2O4. The number of fused-ring (bicyclic) bond motifs is 1. The second-order valence-electron chi connectivity index (χ2n) is 6.94. The number of hydrogen-bond donors (Lipinski definition) is 0. The summed E-state index contributed by atoms with van der Waals surface area (Å²) in [6.45, 7) is 0.229. The molecule has 4 rings (SSSR count). The van der Waals surface area contributed by atoms with E-state index in [0.717, 1.165) is 0 Å². The van der Waals surface area contributed by atoms with Crippen molar-refractivity contribution in [2.45, 2.75) is 0 Å². The predicted octanol–water partition coefficient (Wildman–Crippen LogP) is 4.40. The van der Waals surface area contributed by atoms with E-state index >= 15 is 0 Å². The molecule has 0 atom stereocenters. The number of ether oxygens (including phenoxy) is 1. The summed E-state index contributed by atoms with van der Waals surface area (Å²) < 4.78 is 5.88. The number of nitrogens with zero attached hydrogens (tertiary/aromatic N) is 2. The highest BCUT2D eigenvalue weighted by Gasteiger charge is 2.35. The number of benzene rings is 3. The van der Waals surface area contributed by atoms with Crippen LogP contribution in [0.2, 0.25) is 0 Å². The second kappa shape index (κ2) is 8.73.